The van der Waals surface area contributed by atoms with Gasteiger partial charge in [0.15, 0.2) is 5.78 Å². The van der Waals surface area contributed by atoms with Crippen LogP contribution in [-0.4, -0.2) is 106 Å². The Balaban J connectivity index is -0.000000162. The molecule has 0 heterocycles. The molecule has 0 aromatic rings. The minimum atomic E-state index is -0.303. The quantitative estimate of drug-likeness (QED) is 0.0575. The maximum absolute atomic E-state index is 11.4. The molecular weight excluding hydrogens is 1070 g/mol. The Morgan fingerprint density at radius 3 is 1.17 bits per heavy atom. The summed E-state index contributed by atoms with van der Waals surface area (Å²) in [4.78, 5) is 88.8. The van der Waals surface area contributed by atoms with Crippen LogP contribution in [0.25, 0.3) is 0 Å². The van der Waals surface area contributed by atoms with Crippen molar-refractivity contribution in [2.24, 2.45) is 101 Å². The van der Waals surface area contributed by atoms with Gasteiger partial charge < -0.3 is 20.3 Å². The van der Waals surface area contributed by atoms with Crippen LogP contribution in [0.1, 0.15) is 260 Å². The molecule has 1 aliphatic rings. The molecule has 0 spiro atoms. The first kappa shape index (κ1) is 95.2. The Morgan fingerprint density at radius 2 is 0.905 bits per heavy atom. The number of Topliss-reactive ketones (excluding diaryl/α,β-unsaturated/α-hetero) is 8. The summed E-state index contributed by atoms with van der Waals surface area (Å²) >= 11 is 1.75. The molecule has 1 rings (SSSR count). The minimum absolute atomic E-state index is 0.0952. The van der Waals surface area contributed by atoms with Gasteiger partial charge in [-0.1, -0.05) is 208 Å². The van der Waals surface area contributed by atoms with Crippen LogP contribution in [-0.2, 0) is 43.1 Å². The third-order valence-corrected chi connectivity index (χ3v) is 14.7. The summed E-state index contributed by atoms with van der Waals surface area (Å²) in [5.74, 6) is 9.89. The summed E-state index contributed by atoms with van der Waals surface area (Å²) in [5.41, 5.74) is 0. The maximum atomic E-state index is 11.4. The number of carbonyl (C=O) groups excluding carboxylic acids is 8. The van der Waals surface area contributed by atoms with Crippen molar-refractivity contribution in [3.05, 3.63) is 0 Å². The van der Waals surface area contributed by atoms with Gasteiger partial charge in [0.25, 0.3) is 0 Å². The van der Waals surface area contributed by atoms with Gasteiger partial charge in [0.1, 0.15) is 47.1 Å². The van der Waals surface area contributed by atoms with Crippen molar-refractivity contribution in [1.29, 1.82) is 0 Å². The van der Waals surface area contributed by atoms with Crippen molar-refractivity contribution in [3.63, 3.8) is 0 Å². The predicted octanol–water partition coefficient (Wildman–Crippen LogP) is 16.3. The third kappa shape index (κ3) is 65.5. The molecule has 4 atom stereocenters. The number of nitrogens with one attached hydrogen (secondary N) is 1. The van der Waals surface area contributed by atoms with Crippen molar-refractivity contribution >= 4 is 58.0 Å². The maximum Gasteiger partial charge on any atom is 0.160 e. The van der Waals surface area contributed by atoms with Crippen LogP contribution in [0.4, 0.5) is 0 Å². The Hall–Kier alpha value is -2.45. The van der Waals surface area contributed by atoms with E-state index in [1.54, 1.807) is 11.8 Å². The molecular formula is C71H141NO11S. The average molecular weight is 1220 g/mol. The summed E-state index contributed by atoms with van der Waals surface area (Å²) in [6.45, 7) is 64.7. The molecule has 4 unspecified atom stereocenters. The first-order valence-electron chi connectivity index (χ1n) is 32.6. The molecule has 3 N–H and O–H groups in total. The van der Waals surface area contributed by atoms with E-state index in [4.69, 9.17) is 9.84 Å². The van der Waals surface area contributed by atoms with E-state index >= 15 is 0 Å². The third-order valence-electron chi connectivity index (χ3n) is 13.3. The summed E-state index contributed by atoms with van der Waals surface area (Å²) < 4.78 is 5.12. The molecule has 0 radical (unpaired) electrons. The highest BCUT2D eigenvalue weighted by molar-refractivity contribution is 7.99. The smallest absolute Gasteiger partial charge is 0.160 e. The van der Waals surface area contributed by atoms with Crippen LogP contribution in [0.15, 0.2) is 0 Å². The summed E-state index contributed by atoms with van der Waals surface area (Å²) in [7, 11) is 0. The Kier molecular flexibility index (Phi) is 63.3. The van der Waals surface area contributed by atoms with Gasteiger partial charge in [-0.3, -0.25) is 38.4 Å². The number of aliphatic hydroxyl groups excluding tert-OH is 2. The largest absolute Gasteiger partial charge is 0.396 e. The SMILES string of the molecule is CC(C)C(=O)C(C)C.CC(C)C(=O)C1CC1C(C)C.CC(C)C(=O)CC(CO)C(C)C.CC(C)CC(=O)C(C)C.CC(C)CC(O)CCC(=O)C(C)C.CC(C)CSCC(=O)C(C)C.CC(C)NCC(=O)C(C)C.CC(C)OCC(=O)C(C)C. The first-order valence-corrected chi connectivity index (χ1v) is 33.8. The van der Waals surface area contributed by atoms with Gasteiger partial charge in [0.05, 0.1) is 24.5 Å². The Labute approximate surface area is 524 Å². The van der Waals surface area contributed by atoms with E-state index in [2.05, 4.69) is 60.7 Å². The van der Waals surface area contributed by atoms with Crippen molar-refractivity contribution in [3.8, 4) is 0 Å². The monoisotopic (exact) mass is 1220 g/mol. The van der Waals surface area contributed by atoms with E-state index in [9.17, 15) is 43.5 Å². The van der Waals surface area contributed by atoms with Crippen molar-refractivity contribution in [2.45, 2.75) is 278 Å². The lowest BCUT2D eigenvalue weighted by Crippen LogP contribution is -2.31. The standard InChI is InChI=1S/C11H22O2.C10H20O2.C10H18O.C9H18OS.C8H17NO.C8H16O2.C8H16O.C7H14O/c1-8(2)7-10(12)5-6-11(13)9(3)4;1-7(2)9(6-11)5-10(12)8(3)4;1-6(2)8-5-9(8)10(11)7(3)4;1-7(2)5-11-6-9(10)8(3)4;1-6(2)8(10)5-9-7(3)4;1-6(2)8(9)5-10-7(3)4;1-6(2)5-8(9)7(3)4;1-5(2)7(8)6(3)4/h8-10,12H,5-7H2,1-4H3;7-9,11H,5-6H2,1-4H3;6-9H,5H2,1-4H3;7-8H,5-6H2,1-4H3;6-7,9H,5H2,1-4H3;6-7H,5H2,1-4H3;6-7H,5H2,1-4H3;5-6H,1-4H3. The molecule has 502 valence electrons. The van der Waals surface area contributed by atoms with Crippen molar-refractivity contribution in [2.75, 3.05) is 31.3 Å². The van der Waals surface area contributed by atoms with Crippen LogP contribution >= 0.6 is 11.8 Å². The highest BCUT2D eigenvalue weighted by Crippen LogP contribution is 2.45. The van der Waals surface area contributed by atoms with Crippen LogP contribution in [0.3, 0.4) is 0 Å². The van der Waals surface area contributed by atoms with Gasteiger partial charge in [-0.2, -0.15) is 11.8 Å². The Morgan fingerprint density at radius 1 is 0.488 bits per heavy atom. The van der Waals surface area contributed by atoms with Gasteiger partial charge in [-0.25, -0.2) is 0 Å². The zero-order valence-corrected chi connectivity index (χ0v) is 61.6. The molecule has 0 aromatic heterocycles. The molecule has 0 amide bonds. The second kappa shape index (κ2) is 55.8. The van der Waals surface area contributed by atoms with Crippen molar-refractivity contribution < 1.29 is 53.3 Å². The summed E-state index contributed by atoms with van der Waals surface area (Å²) in [6.07, 6.45) is 4.19. The number of hydrogen-bond acceptors (Lipinski definition) is 13. The summed E-state index contributed by atoms with van der Waals surface area (Å²) in [5, 5.41) is 21.5. The lowest BCUT2D eigenvalue weighted by Gasteiger charge is -2.17. The van der Waals surface area contributed by atoms with Crippen LogP contribution in [0.5, 0.6) is 0 Å². The molecule has 0 bridgehead atoms. The number of carbonyl (C=O) groups is 8. The van der Waals surface area contributed by atoms with Crippen LogP contribution < -0.4 is 5.32 Å². The van der Waals surface area contributed by atoms with E-state index in [0.717, 1.165) is 25.0 Å². The number of hydrogen-bond donors (Lipinski definition) is 3. The van der Waals surface area contributed by atoms with Crippen LogP contribution in [0, 0.1) is 101 Å². The molecule has 1 fully saturated rings. The van der Waals surface area contributed by atoms with E-state index in [-0.39, 0.29) is 108 Å². The number of ether oxygens (including phenoxy) is 1. The molecule has 84 heavy (non-hydrogen) atoms. The second-order valence-electron chi connectivity index (χ2n) is 28.4. The molecule has 12 nitrogen and oxygen atoms in total. The lowest BCUT2D eigenvalue weighted by atomic mass is 9.89. The molecule has 1 aliphatic carbocycles. The summed E-state index contributed by atoms with van der Waals surface area (Å²) in [6, 6.07) is 0.405. The topological polar surface area (TPSA) is 198 Å². The number of ketones is 8. The average Bonchev–Trinajstić information content (AvgIpc) is 4.17. The normalized spacial score (nSPS) is 14.3. The van der Waals surface area contributed by atoms with E-state index in [1.165, 1.54) is 0 Å². The predicted molar refractivity (Wildman–Crippen MR) is 361 cm³/mol. The molecule has 13 heteroatoms. The molecule has 0 aromatic carbocycles. The second-order valence-corrected chi connectivity index (χ2v) is 29.4. The number of aliphatic hydroxyl groups is 2. The van der Waals surface area contributed by atoms with E-state index in [0.29, 0.717) is 102 Å². The van der Waals surface area contributed by atoms with E-state index < -0.39 is 0 Å². The fourth-order valence-corrected chi connectivity index (χ4v) is 7.89. The molecule has 0 aliphatic heterocycles. The van der Waals surface area contributed by atoms with Gasteiger partial charge >= 0.3 is 0 Å². The highest BCUT2D eigenvalue weighted by Gasteiger charge is 2.44. The first-order chi connectivity index (χ1) is 38.2. The fraction of sp³-hybridized carbons (Fsp3) is 0.887. The number of rotatable bonds is 32. The van der Waals surface area contributed by atoms with Gasteiger partial charge in [-0.05, 0) is 80.3 Å². The molecule has 0 saturated heterocycles. The highest BCUT2D eigenvalue weighted by atomic mass is 32.2. The fourth-order valence-electron chi connectivity index (χ4n) is 6.76. The van der Waals surface area contributed by atoms with Gasteiger partial charge in [0.2, 0.25) is 0 Å². The molecule has 1 saturated carbocycles. The lowest BCUT2D eigenvalue weighted by molar-refractivity contribution is -0.128. The zero-order chi connectivity index (χ0) is 68.1. The minimum Gasteiger partial charge on any atom is -0.396 e. The van der Waals surface area contributed by atoms with Crippen molar-refractivity contribution in [1.82, 2.24) is 5.32 Å². The number of thioether (sulfide) groups is 1. The van der Waals surface area contributed by atoms with Gasteiger partial charge in [-0.15, -0.1) is 0 Å². The van der Waals surface area contributed by atoms with E-state index in [1.807, 2.05) is 166 Å². The van der Waals surface area contributed by atoms with Gasteiger partial charge in [0, 0.05) is 91.1 Å². The Bertz CT molecular complexity index is 1650. The zero-order valence-electron chi connectivity index (χ0n) is 60.8. The van der Waals surface area contributed by atoms with Crippen LogP contribution in [0.2, 0.25) is 0 Å².